The summed E-state index contributed by atoms with van der Waals surface area (Å²) in [5, 5.41) is 7.23. The number of nitrogens with zero attached hydrogens (tertiary/aromatic N) is 3. The summed E-state index contributed by atoms with van der Waals surface area (Å²) < 4.78 is 5.26. The fourth-order valence-corrected chi connectivity index (χ4v) is 4.09. The highest BCUT2D eigenvalue weighted by Gasteiger charge is 2.28. The standard InChI is InChI=1S/C20H26N4O2/c1-26-17-8-4-5-15(13-17)18-14-19(22-21-18)20(25)24-11-9-23(10-12-24)16-6-2-3-7-16/h4-5,8,13-14,16H,2-3,6-7,9-12H2,1H3,(H,21,22). The Morgan fingerprint density at radius 2 is 1.92 bits per heavy atom. The van der Waals surface area contributed by atoms with Crippen LogP contribution in [0.25, 0.3) is 11.3 Å². The highest BCUT2D eigenvalue weighted by Crippen LogP contribution is 2.25. The molecule has 4 rings (SSSR count). The Hall–Kier alpha value is -2.34. The molecule has 1 aromatic carbocycles. The van der Waals surface area contributed by atoms with Crippen molar-refractivity contribution in [2.45, 2.75) is 31.7 Å². The van der Waals surface area contributed by atoms with Crippen molar-refractivity contribution in [2.75, 3.05) is 33.3 Å². The summed E-state index contributed by atoms with van der Waals surface area (Å²) >= 11 is 0. The molecular formula is C20H26N4O2. The smallest absolute Gasteiger partial charge is 0.271 e. The van der Waals surface area contributed by atoms with Crippen molar-refractivity contribution in [3.05, 3.63) is 36.0 Å². The zero-order valence-corrected chi connectivity index (χ0v) is 15.3. The van der Waals surface area contributed by atoms with Crippen molar-refractivity contribution >= 4 is 5.91 Å². The van der Waals surface area contributed by atoms with Gasteiger partial charge in [0.1, 0.15) is 11.4 Å². The van der Waals surface area contributed by atoms with Crippen molar-refractivity contribution in [2.24, 2.45) is 0 Å². The second kappa shape index (κ2) is 7.50. The number of hydrogen-bond acceptors (Lipinski definition) is 4. The number of aromatic amines is 1. The fourth-order valence-electron chi connectivity index (χ4n) is 4.09. The van der Waals surface area contributed by atoms with E-state index in [2.05, 4.69) is 15.1 Å². The monoisotopic (exact) mass is 354 g/mol. The average Bonchev–Trinajstić information content (AvgIpc) is 3.40. The molecule has 0 bridgehead atoms. The van der Waals surface area contributed by atoms with Crippen molar-refractivity contribution in [3.8, 4) is 17.0 Å². The third kappa shape index (κ3) is 3.46. The third-order valence-electron chi connectivity index (χ3n) is 5.62. The van der Waals surface area contributed by atoms with Gasteiger partial charge in [0.2, 0.25) is 0 Å². The molecule has 1 amide bonds. The first kappa shape index (κ1) is 17.1. The maximum absolute atomic E-state index is 12.8. The lowest BCUT2D eigenvalue weighted by Crippen LogP contribution is -2.51. The summed E-state index contributed by atoms with van der Waals surface area (Å²) in [6.07, 6.45) is 5.34. The van der Waals surface area contributed by atoms with Crippen LogP contribution in [0.2, 0.25) is 0 Å². The Morgan fingerprint density at radius 1 is 1.15 bits per heavy atom. The van der Waals surface area contributed by atoms with Crippen LogP contribution in [0, 0.1) is 0 Å². The van der Waals surface area contributed by atoms with E-state index >= 15 is 0 Å². The van der Waals surface area contributed by atoms with E-state index in [-0.39, 0.29) is 5.91 Å². The lowest BCUT2D eigenvalue weighted by Gasteiger charge is -2.37. The van der Waals surface area contributed by atoms with E-state index in [1.54, 1.807) is 7.11 Å². The van der Waals surface area contributed by atoms with Gasteiger partial charge >= 0.3 is 0 Å². The van der Waals surface area contributed by atoms with Crippen LogP contribution in [0.4, 0.5) is 0 Å². The van der Waals surface area contributed by atoms with Gasteiger partial charge in [-0.05, 0) is 31.0 Å². The molecule has 0 radical (unpaired) electrons. The first-order chi connectivity index (χ1) is 12.7. The highest BCUT2D eigenvalue weighted by molar-refractivity contribution is 5.93. The number of ether oxygens (including phenoxy) is 1. The van der Waals surface area contributed by atoms with E-state index < -0.39 is 0 Å². The zero-order valence-electron chi connectivity index (χ0n) is 15.3. The molecule has 0 atom stereocenters. The average molecular weight is 354 g/mol. The number of benzene rings is 1. The number of rotatable bonds is 4. The van der Waals surface area contributed by atoms with Gasteiger partial charge in [0.25, 0.3) is 5.91 Å². The largest absolute Gasteiger partial charge is 0.497 e. The zero-order chi connectivity index (χ0) is 17.9. The van der Waals surface area contributed by atoms with Crippen LogP contribution in [-0.4, -0.2) is 65.2 Å². The maximum atomic E-state index is 12.8. The normalized spacial score (nSPS) is 19.0. The van der Waals surface area contributed by atoms with Crippen LogP contribution in [-0.2, 0) is 0 Å². The Kier molecular flexibility index (Phi) is 4.93. The minimum atomic E-state index is 0.0396. The number of carbonyl (C=O) groups is 1. The first-order valence-electron chi connectivity index (χ1n) is 9.48. The van der Waals surface area contributed by atoms with Crippen LogP contribution in [0.15, 0.2) is 30.3 Å². The van der Waals surface area contributed by atoms with E-state index in [9.17, 15) is 4.79 Å². The van der Waals surface area contributed by atoms with E-state index in [0.29, 0.717) is 5.69 Å². The Balaban J connectivity index is 1.40. The molecule has 0 spiro atoms. The fraction of sp³-hybridized carbons (Fsp3) is 0.500. The molecule has 1 aliphatic carbocycles. The predicted octanol–water partition coefficient (Wildman–Crippen LogP) is 2.79. The molecule has 6 heteroatoms. The Morgan fingerprint density at radius 3 is 2.65 bits per heavy atom. The second-order valence-electron chi connectivity index (χ2n) is 7.17. The number of carbonyl (C=O) groups excluding carboxylic acids is 1. The summed E-state index contributed by atoms with van der Waals surface area (Å²) in [6.45, 7) is 3.55. The molecule has 2 aromatic rings. The minimum Gasteiger partial charge on any atom is -0.497 e. The van der Waals surface area contributed by atoms with Gasteiger partial charge in [0, 0.05) is 37.8 Å². The van der Waals surface area contributed by atoms with Crippen LogP contribution >= 0.6 is 0 Å². The quantitative estimate of drug-likeness (QED) is 0.917. The summed E-state index contributed by atoms with van der Waals surface area (Å²) in [6, 6.07) is 10.3. The number of hydrogen-bond donors (Lipinski definition) is 1. The van der Waals surface area contributed by atoms with Gasteiger partial charge in [-0.2, -0.15) is 5.10 Å². The molecule has 138 valence electrons. The molecular weight excluding hydrogens is 328 g/mol. The molecule has 2 heterocycles. The van der Waals surface area contributed by atoms with E-state index in [0.717, 1.165) is 49.2 Å². The molecule has 2 aliphatic rings. The van der Waals surface area contributed by atoms with Crippen molar-refractivity contribution in [3.63, 3.8) is 0 Å². The number of nitrogens with one attached hydrogen (secondary N) is 1. The van der Waals surface area contributed by atoms with Crippen LogP contribution in [0.3, 0.4) is 0 Å². The van der Waals surface area contributed by atoms with Gasteiger partial charge < -0.3 is 9.64 Å². The summed E-state index contributed by atoms with van der Waals surface area (Å²) in [4.78, 5) is 17.3. The predicted molar refractivity (Wildman–Crippen MR) is 100 cm³/mol. The van der Waals surface area contributed by atoms with Crippen molar-refractivity contribution < 1.29 is 9.53 Å². The lowest BCUT2D eigenvalue weighted by atomic mass is 10.1. The van der Waals surface area contributed by atoms with Gasteiger partial charge in [-0.3, -0.25) is 14.8 Å². The molecule has 2 fully saturated rings. The number of methoxy groups -OCH3 is 1. The summed E-state index contributed by atoms with van der Waals surface area (Å²) in [5.41, 5.74) is 2.25. The first-order valence-corrected chi connectivity index (χ1v) is 9.48. The van der Waals surface area contributed by atoms with Crippen LogP contribution < -0.4 is 4.74 Å². The van der Waals surface area contributed by atoms with Gasteiger partial charge in [0.15, 0.2) is 0 Å². The summed E-state index contributed by atoms with van der Waals surface area (Å²) in [7, 11) is 1.64. The molecule has 1 aromatic heterocycles. The van der Waals surface area contributed by atoms with Crippen LogP contribution in [0.1, 0.15) is 36.2 Å². The molecule has 1 saturated carbocycles. The molecule has 1 aliphatic heterocycles. The van der Waals surface area contributed by atoms with Gasteiger partial charge in [-0.1, -0.05) is 25.0 Å². The molecule has 1 N–H and O–H groups in total. The Labute approximate surface area is 154 Å². The van der Waals surface area contributed by atoms with Gasteiger partial charge in [0.05, 0.1) is 12.8 Å². The van der Waals surface area contributed by atoms with E-state index in [1.807, 2.05) is 35.2 Å². The molecule has 26 heavy (non-hydrogen) atoms. The topological polar surface area (TPSA) is 61.5 Å². The number of amides is 1. The van der Waals surface area contributed by atoms with E-state index in [4.69, 9.17) is 4.74 Å². The van der Waals surface area contributed by atoms with Crippen molar-refractivity contribution in [1.82, 2.24) is 20.0 Å². The Bertz CT molecular complexity index is 759. The SMILES string of the molecule is COc1cccc(-c2cc(C(=O)N3CCN(C4CCCC4)CC3)[nH]n2)c1. The van der Waals surface area contributed by atoms with Crippen LogP contribution in [0.5, 0.6) is 5.75 Å². The summed E-state index contributed by atoms with van der Waals surface area (Å²) in [5.74, 6) is 0.819. The number of piperazine rings is 1. The second-order valence-corrected chi connectivity index (χ2v) is 7.17. The van der Waals surface area contributed by atoms with Gasteiger partial charge in [-0.25, -0.2) is 0 Å². The minimum absolute atomic E-state index is 0.0396. The maximum Gasteiger partial charge on any atom is 0.271 e. The molecule has 0 unspecified atom stereocenters. The molecule has 1 saturated heterocycles. The van der Waals surface area contributed by atoms with Crippen molar-refractivity contribution in [1.29, 1.82) is 0 Å². The third-order valence-corrected chi connectivity index (χ3v) is 5.62. The van der Waals surface area contributed by atoms with Gasteiger partial charge in [-0.15, -0.1) is 0 Å². The van der Waals surface area contributed by atoms with E-state index in [1.165, 1.54) is 25.7 Å². The number of H-pyrrole nitrogens is 1. The lowest BCUT2D eigenvalue weighted by molar-refractivity contribution is 0.0568. The number of aromatic nitrogens is 2. The molecule has 6 nitrogen and oxygen atoms in total. The highest BCUT2D eigenvalue weighted by atomic mass is 16.5.